The van der Waals surface area contributed by atoms with Crippen molar-refractivity contribution in [3.8, 4) is 0 Å². The third kappa shape index (κ3) is 4.67. The summed E-state index contributed by atoms with van der Waals surface area (Å²) in [6.07, 6.45) is 1.89. The Morgan fingerprint density at radius 1 is 1.46 bits per heavy atom. The van der Waals surface area contributed by atoms with E-state index < -0.39 is 11.3 Å². The first-order valence-corrected chi connectivity index (χ1v) is 4.72. The molecule has 0 saturated heterocycles. The number of hydrazine groups is 1. The van der Waals surface area contributed by atoms with Crippen LogP contribution in [0.5, 0.6) is 0 Å². The smallest absolute Gasteiger partial charge is 0.184 e. The Morgan fingerprint density at radius 3 is 2.46 bits per heavy atom. The first-order chi connectivity index (χ1) is 6.13. The van der Waals surface area contributed by atoms with Crippen LogP contribution in [0.1, 0.15) is 39.5 Å². The van der Waals surface area contributed by atoms with E-state index in [4.69, 9.17) is 0 Å². The molecular weight excluding hydrogens is 172 g/mol. The lowest BCUT2D eigenvalue weighted by atomic mass is 10.3. The van der Waals surface area contributed by atoms with Crippen molar-refractivity contribution in [1.82, 2.24) is 5.01 Å². The summed E-state index contributed by atoms with van der Waals surface area (Å²) >= 11 is 0. The predicted molar refractivity (Wildman–Crippen MR) is 49.5 cm³/mol. The van der Waals surface area contributed by atoms with Crippen molar-refractivity contribution in [2.75, 3.05) is 6.54 Å². The highest BCUT2D eigenvalue weighted by Gasteiger charge is 2.22. The molecule has 0 aliphatic heterocycles. The van der Waals surface area contributed by atoms with Gasteiger partial charge in [0.15, 0.2) is 11.3 Å². The van der Waals surface area contributed by atoms with Crippen LogP contribution in [0.15, 0.2) is 0 Å². The molecule has 0 fully saturated rings. The Labute approximate surface area is 78.5 Å². The van der Waals surface area contributed by atoms with E-state index in [9.17, 15) is 15.2 Å². The van der Waals surface area contributed by atoms with E-state index in [1.54, 1.807) is 0 Å². The summed E-state index contributed by atoms with van der Waals surface area (Å²) in [5.41, 5.74) is 0. The molecule has 13 heavy (non-hydrogen) atoms. The second-order valence-electron chi connectivity index (χ2n) is 3.02. The molecule has 0 aromatic rings. The molecule has 78 valence electrons. The van der Waals surface area contributed by atoms with Crippen molar-refractivity contribution in [3.63, 3.8) is 0 Å². The predicted octanol–water partition coefficient (Wildman–Crippen LogP) is 1.40. The zero-order valence-electron chi connectivity index (χ0n) is 8.27. The molecule has 5 nitrogen and oxygen atoms in total. The Bertz CT molecular complexity index is 152. The molecule has 0 heterocycles. The Kier molecular flexibility index (Phi) is 6.22. The van der Waals surface area contributed by atoms with Gasteiger partial charge in [0, 0.05) is 0 Å². The maximum atomic E-state index is 10.5. The molecule has 1 N–H and O–H groups in total. The van der Waals surface area contributed by atoms with E-state index in [1.807, 2.05) is 13.8 Å². The van der Waals surface area contributed by atoms with Crippen LogP contribution in [0.25, 0.3) is 0 Å². The normalized spacial score (nSPS) is 12.5. The van der Waals surface area contributed by atoms with Gasteiger partial charge in [0.05, 0.1) is 6.54 Å². The molecule has 0 aromatic heterocycles. The zero-order valence-corrected chi connectivity index (χ0v) is 8.27. The van der Waals surface area contributed by atoms with Gasteiger partial charge in [-0.05, 0) is 12.8 Å². The minimum Gasteiger partial charge on any atom is -0.369 e. The molecule has 0 amide bonds. The highest BCUT2D eigenvalue weighted by molar-refractivity contribution is 4.51. The van der Waals surface area contributed by atoms with Gasteiger partial charge in [0.2, 0.25) is 0 Å². The molecular formula is C8H18N2O3. The number of aliphatic hydroxyl groups excluding tert-OH is 1. The first kappa shape index (κ1) is 12.2. The SMILES string of the molecule is CCCCN(C(O)CCC)[N+](=O)[O-]. The molecule has 5 heteroatoms. The van der Waals surface area contributed by atoms with Crippen LogP contribution in [0.4, 0.5) is 0 Å². The Morgan fingerprint density at radius 2 is 2.08 bits per heavy atom. The summed E-state index contributed by atoms with van der Waals surface area (Å²) in [6.45, 7) is 4.18. The topological polar surface area (TPSA) is 66.6 Å². The van der Waals surface area contributed by atoms with Gasteiger partial charge in [-0.3, -0.25) is 0 Å². The maximum Gasteiger partial charge on any atom is 0.184 e. The Balaban J connectivity index is 3.99. The monoisotopic (exact) mass is 190 g/mol. The average Bonchev–Trinajstić information content (AvgIpc) is 2.05. The Hall–Kier alpha value is -0.840. The lowest BCUT2D eigenvalue weighted by molar-refractivity contribution is -0.675. The molecule has 0 aliphatic carbocycles. The van der Waals surface area contributed by atoms with Gasteiger partial charge in [0.25, 0.3) is 0 Å². The van der Waals surface area contributed by atoms with Gasteiger partial charge in [-0.1, -0.05) is 31.7 Å². The number of aliphatic hydroxyl groups is 1. The molecule has 0 spiro atoms. The fraction of sp³-hybridized carbons (Fsp3) is 1.00. The maximum absolute atomic E-state index is 10.5. The fourth-order valence-electron chi connectivity index (χ4n) is 1.07. The van der Waals surface area contributed by atoms with Crippen LogP contribution in [-0.2, 0) is 0 Å². The van der Waals surface area contributed by atoms with E-state index in [0.29, 0.717) is 13.0 Å². The molecule has 0 bridgehead atoms. The molecule has 0 aromatic carbocycles. The lowest BCUT2D eigenvalue weighted by Crippen LogP contribution is -2.40. The first-order valence-electron chi connectivity index (χ1n) is 4.72. The second kappa shape index (κ2) is 6.65. The van der Waals surface area contributed by atoms with Crippen LogP contribution in [-0.4, -0.2) is 27.9 Å². The van der Waals surface area contributed by atoms with Crippen LogP contribution in [0.2, 0.25) is 0 Å². The number of rotatable bonds is 7. The summed E-state index contributed by atoms with van der Waals surface area (Å²) in [5, 5.41) is 20.3. The summed E-state index contributed by atoms with van der Waals surface area (Å²) in [4.78, 5) is 10.5. The van der Waals surface area contributed by atoms with Crippen LogP contribution < -0.4 is 0 Å². The lowest BCUT2D eigenvalue weighted by Gasteiger charge is -2.19. The van der Waals surface area contributed by atoms with Crippen molar-refractivity contribution in [1.29, 1.82) is 0 Å². The van der Waals surface area contributed by atoms with Gasteiger partial charge >= 0.3 is 0 Å². The molecule has 0 radical (unpaired) electrons. The second-order valence-corrected chi connectivity index (χ2v) is 3.02. The van der Waals surface area contributed by atoms with Gasteiger partial charge < -0.3 is 5.11 Å². The number of nitrogens with zero attached hydrogens (tertiary/aromatic N) is 2. The van der Waals surface area contributed by atoms with E-state index >= 15 is 0 Å². The minimum absolute atomic E-state index is 0.324. The molecule has 0 saturated carbocycles. The van der Waals surface area contributed by atoms with E-state index in [1.165, 1.54) is 0 Å². The summed E-state index contributed by atoms with van der Waals surface area (Å²) in [6, 6.07) is 0. The highest BCUT2D eigenvalue weighted by Crippen LogP contribution is 2.05. The number of hydrogen-bond acceptors (Lipinski definition) is 3. The van der Waals surface area contributed by atoms with Crippen molar-refractivity contribution in [2.24, 2.45) is 0 Å². The van der Waals surface area contributed by atoms with Crippen molar-refractivity contribution in [2.45, 2.75) is 45.8 Å². The molecule has 0 aliphatic rings. The third-order valence-corrected chi connectivity index (χ3v) is 1.84. The van der Waals surface area contributed by atoms with Gasteiger partial charge in [-0.2, -0.15) is 0 Å². The number of hydrogen-bond donors (Lipinski definition) is 1. The largest absolute Gasteiger partial charge is 0.369 e. The summed E-state index contributed by atoms with van der Waals surface area (Å²) in [5.74, 6) is 0. The minimum atomic E-state index is -0.938. The third-order valence-electron chi connectivity index (χ3n) is 1.84. The number of unbranched alkanes of at least 4 members (excludes halogenated alkanes) is 1. The molecule has 1 unspecified atom stereocenters. The van der Waals surface area contributed by atoms with Gasteiger partial charge in [0.1, 0.15) is 0 Å². The molecule has 0 rings (SSSR count). The van der Waals surface area contributed by atoms with Gasteiger partial charge in [-0.25, -0.2) is 10.1 Å². The van der Waals surface area contributed by atoms with Crippen molar-refractivity contribution < 1.29 is 10.1 Å². The van der Waals surface area contributed by atoms with Crippen molar-refractivity contribution >= 4 is 0 Å². The van der Waals surface area contributed by atoms with E-state index in [2.05, 4.69) is 0 Å². The van der Waals surface area contributed by atoms with Gasteiger partial charge in [-0.15, -0.1) is 0 Å². The van der Waals surface area contributed by atoms with Crippen LogP contribution >= 0.6 is 0 Å². The van der Waals surface area contributed by atoms with Crippen LogP contribution in [0.3, 0.4) is 0 Å². The zero-order chi connectivity index (χ0) is 10.3. The summed E-state index contributed by atoms with van der Waals surface area (Å²) < 4.78 is 0. The van der Waals surface area contributed by atoms with E-state index in [0.717, 1.165) is 24.3 Å². The fourth-order valence-corrected chi connectivity index (χ4v) is 1.07. The summed E-state index contributed by atoms with van der Waals surface area (Å²) in [7, 11) is 0. The standard InChI is InChI=1S/C8H18N2O3/c1-3-5-7-9(10(12)13)8(11)6-4-2/h8,11H,3-7H2,1-2H3. The molecule has 1 atom stereocenters. The number of nitro groups is 1. The van der Waals surface area contributed by atoms with Crippen LogP contribution in [0, 0.1) is 10.1 Å². The van der Waals surface area contributed by atoms with E-state index in [-0.39, 0.29) is 0 Å². The highest BCUT2D eigenvalue weighted by atomic mass is 16.7. The average molecular weight is 190 g/mol. The quantitative estimate of drug-likeness (QED) is 0.374. The van der Waals surface area contributed by atoms with Crippen molar-refractivity contribution in [3.05, 3.63) is 10.1 Å².